The quantitative estimate of drug-likeness (QED) is 0.670. The van der Waals surface area contributed by atoms with Gasteiger partial charge in [-0.05, 0) is 12.8 Å². The van der Waals surface area contributed by atoms with Crippen molar-refractivity contribution in [2.75, 3.05) is 13.1 Å². The maximum absolute atomic E-state index is 11.7. The molecule has 1 saturated carbocycles. The molecule has 2 N–H and O–H groups in total. The lowest BCUT2D eigenvalue weighted by Crippen LogP contribution is -2.41. The molecule has 0 bridgehead atoms. The summed E-state index contributed by atoms with van der Waals surface area (Å²) in [4.78, 5) is 34.0. The van der Waals surface area contributed by atoms with Crippen molar-refractivity contribution >= 4 is 17.8 Å². The van der Waals surface area contributed by atoms with Gasteiger partial charge in [0.2, 0.25) is 5.91 Å². The Morgan fingerprint density at radius 2 is 1.88 bits per heavy atom. The summed E-state index contributed by atoms with van der Waals surface area (Å²) < 4.78 is 0. The molecule has 1 aliphatic rings. The fourth-order valence-corrected chi connectivity index (χ4v) is 1.39. The molecule has 1 amide bonds. The summed E-state index contributed by atoms with van der Waals surface area (Å²) in [6.45, 7) is 0.987. The van der Waals surface area contributed by atoms with E-state index in [9.17, 15) is 14.4 Å². The van der Waals surface area contributed by atoms with Gasteiger partial charge >= 0.3 is 11.9 Å². The highest BCUT2D eigenvalue weighted by Gasteiger charge is 2.35. The maximum Gasteiger partial charge on any atom is 0.323 e. The SMILES string of the molecule is CC(CN(CC(=O)O)C(=O)C1CC1)C(=O)O. The molecule has 0 aliphatic heterocycles. The minimum absolute atomic E-state index is 0.0447. The van der Waals surface area contributed by atoms with Crippen LogP contribution in [-0.4, -0.2) is 46.0 Å². The molecule has 1 unspecified atom stereocenters. The Kier molecular flexibility index (Phi) is 3.87. The third-order valence-electron chi connectivity index (χ3n) is 2.48. The number of carbonyl (C=O) groups excluding carboxylic acids is 1. The van der Waals surface area contributed by atoms with E-state index in [1.165, 1.54) is 6.92 Å². The molecule has 6 heteroatoms. The molecule has 0 aromatic rings. The van der Waals surface area contributed by atoms with Gasteiger partial charge in [0.15, 0.2) is 0 Å². The smallest absolute Gasteiger partial charge is 0.323 e. The minimum Gasteiger partial charge on any atom is -0.481 e. The first-order valence-electron chi connectivity index (χ1n) is 5.15. The van der Waals surface area contributed by atoms with E-state index in [-0.39, 0.29) is 18.4 Å². The molecule has 0 saturated heterocycles. The Morgan fingerprint density at radius 1 is 1.31 bits per heavy atom. The zero-order chi connectivity index (χ0) is 12.3. The zero-order valence-electron chi connectivity index (χ0n) is 9.05. The summed E-state index contributed by atoms with van der Waals surface area (Å²) in [6, 6.07) is 0. The molecule has 1 aliphatic carbocycles. The van der Waals surface area contributed by atoms with Crippen molar-refractivity contribution in [1.29, 1.82) is 0 Å². The van der Waals surface area contributed by atoms with E-state index in [1.807, 2.05) is 0 Å². The lowest BCUT2D eigenvalue weighted by Gasteiger charge is -2.22. The summed E-state index contributed by atoms with van der Waals surface area (Å²) in [5.41, 5.74) is 0. The van der Waals surface area contributed by atoms with E-state index < -0.39 is 24.4 Å². The monoisotopic (exact) mass is 229 g/mol. The van der Waals surface area contributed by atoms with Gasteiger partial charge in [-0.25, -0.2) is 0 Å². The number of hydrogen-bond donors (Lipinski definition) is 2. The van der Waals surface area contributed by atoms with E-state index >= 15 is 0 Å². The molecule has 90 valence electrons. The first-order chi connectivity index (χ1) is 7.41. The van der Waals surface area contributed by atoms with Crippen molar-refractivity contribution in [3.05, 3.63) is 0 Å². The van der Waals surface area contributed by atoms with E-state index in [1.54, 1.807) is 0 Å². The fraction of sp³-hybridized carbons (Fsp3) is 0.700. The van der Waals surface area contributed by atoms with Crippen molar-refractivity contribution in [3.63, 3.8) is 0 Å². The van der Waals surface area contributed by atoms with Crippen LogP contribution in [0.5, 0.6) is 0 Å². The van der Waals surface area contributed by atoms with Crippen LogP contribution in [0.4, 0.5) is 0 Å². The van der Waals surface area contributed by atoms with Gasteiger partial charge in [0, 0.05) is 12.5 Å². The van der Waals surface area contributed by atoms with Gasteiger partial charge in [-0.2, -0.15) is 0 Å². The number of carboxylic acids is 2. The molecule has 6 nitrogen and oxygen atoms in total. The zero-order valence-corrected chi connectivity index (χ0v) is 9.05. The predicted molar refractivity (Wildman–Crippen MR) is 53.7 cm³/mol. The molecule has 0 aromatic carbocycles. The summed E-state index contributed by atoms with van der Waals surface area (Å²) in [5, 5.41) is 17.4. The van der Waals surface area contributed by atoms with Gasteiger partial charge in [0.1, 0.15) is 6.54 Å². The Bertz CT molecular complexity index is 310. The van der Waals surface area contributed by atoms with E-state index in [0.29, 0.717) is 0 Å². The maximum atomic E-state index is 11.7. The van der Waals surface area contributed by atoms with Gasteiger partial charge in [0.05, 0.1) is 5.92 Å². The molecule has 1 rings (SSSR count). The second-order valence-electron chi connectivity index (χ2n) is 4.13. The lowest BCUT2D eigenvalue weighted by atomic mass is 10.1. The Balaban J connectivity index is 2.58. The first kappa shape index (κ1) is 12.5. The van der Waals surface area contributed by atoms with Crippen molar-refractivity contribution < 1.29 is 24.6 Å². The molecular formula is C10H15NO5. The van der Waals surface area contributed by atoms with Crippen LogP contribution in [0, 0.1) is 11.8 Å². The highest BCUT2D eigenvalue weighted by Crippen LogP contribution is 2.31. The largest absolute Gasteiger partial charge is 0.481 e. The van der Waals surface area contributed by atoms with Crippen molar-refractivity contribution in [1.82, 2.24) is 4.90 Å². The second-order valence-corrected chi connectivity index (χ2v) is 4.13. The van der Waals surface area contributed by atoms with Crippen LogP contribution in [-0.2, 0) is 14.4 Å². The Labute approximate surface area is 92.9 Å². The number of carboxylic acid groups (broad SMARTS) is 2. The lowest BCUT2D eigenvalue weighted by molar-refractivity contribution is -0.148. The Hall–Kier alpha value is -1.59. The number of rotatable bonds is 6. The van der Waals surface area contributed by atoms with Crippen LogP contribution < -0.4 is 0 Å². The van der Waals surface area contributed by atoms with Crippen LogP contribution in [0.15, 0.2) is 0 Å². The van der Waals surface area contributed by atoms with Crippen molar-refractivity contribution in [2.24, 2.45) is 11.8 Å². The average molecular weight is 229 g/mol. The standard InChI is InChI=1S/C10H15NO5/c1-6(10(15)16)4-11(5-8(12)13)9(14)7-2-3-7/h6-7H,2-5H2,1H3,(H,12,13)(H,15,16). The van der Waals surface area contributed by atoms with E-state index in [4.69, 9.17) is 10.2 Å². The first-order valence-corrected chi connectivity index (χ1v) is 5.15. The van der Waals surface area contributed by atoms with Gasteiger partial charge in [-0.15, -0.1) is 0 Å². The van der Waals surface area contributed by atoms with Crippen LogP contribution in [0.3, 0.4) is 0 Å². The van der Waals surface area contributed by atoms with Gasteiger partial charge in [0.25, 0.3) is 0 Å². The molecule has 0 spiro atoms. The van der Waals surface area contributed by atoms with Gasteiger partial charge in [-0.3, -0.25) is 14.4 Å². The van der Waals surface area contributed by atoms with Crippen LogP contribution in [0.2, 0.25) is 0 Å². The molecule has 0 heterocycles. The third kappa shape index (κ3) is 3.52. The van der Waals surface area contributed by atoms with Crippen LogP contribution in [0.25, 0.3) is 0 Å². The third-order valence-corrected chi connectivity index (χ3v) is 2.48. The van der Waals surface area contributed by atoms with Gasteiger partial charge in [-0.1, -0.05) is 6.92 Å². The summed E-state index contributed by atoms with van der Waals surface area (Å²) in [5.74, 6) is -3.23. The van der Waals surface area contributed by atoms with Crippen LogP contribution >= 0.6 is 0 Å². The predicted octanol–water partition coefficient (Wildman–Crippen LogP) is 0.0303. The van der Waals surface area contributed by atoms with E-state index in [2.05, 4.69) is 0 Å². The fourth-order valence-electron chi connectivity index (χ4n) is 1.39. The number of hydrogen-bond acceptors (Lipinski definition) is 3. The molecule has 1 atom stereocenters. The minimum atomic E-state index is -1.12. The average Bonchev–Trinajstić information content (AvgIpc) is 2.97. The summed E-state index contributed by atoms with van der Waals surface area (Å²) in [7, 11) is 0. The molecule has 0 radical (unpaired) electrons. The topological polar surface area (TPSA) is 94.9 Å². The summed E-state index contributed by atoms with van der Waals surface area (Å²) in [6.07, 6.45) is 1.55. The molecular weight excluding hydrogens is 214 g/mol. The van der Waals surface area contributed by atoms with Gasteiger partial charge < -0.3 is 15.1 Å². The van der Waals surface area contributed by atoms with Crippen molar-refractivity contribution in [3.8, 4) is 0 Å². The highest BCUT2D eigenvalue weighted by atomic mass is 16.4. The molecule has 0 aromatic heterocycles. The number of carbonyl (C=O) groups is 3. The van der Waals surface area contributed by atoms with Crippen LogP contribution in [0.1, 0.15) is 19.8 Å². The number of amides is 1. The second kappa shape index (κ2) is 4.96. The molecule has 1 fully saturated rings. The molecule has 16 heavy (non-hydrogen) atoms. The summed E-state index contributed by atoms with van der Waals surface area (Å²) >= 11 is 0. The normalized spacial score (nSPS) is 16.6. The van der Waals surface area contributed by atoms with Crippen molar-refractivity contribution in [2.45, 2.75) is 19.8 Å². The van der Waals surface area contributed by atoms with E-state index in [0.717, 1.165) is 17.7 Å². The number of aliphatic carboxylic acids is 2. The number of nitrogens with zero attached hydrogens (tertiary/aromatic N) is 1. The Morgan fingerprint density at radius 3 is 2.25 bits per heavy atom. The highest BCUT2D eigenvalue weighted by molar-refractivity contribution is 5.85.